The monoisotopic (exact) mass is 409 g/mol. The molecule has 0 radical (unpaired) electrons. The molecule has 7 heteroatoms. The van der Waals surface area contributed by atoms with Crippen molar-refractivity contribution in [3.05, 3.63) is 28.8 Å². The second-order valence-corrected chi connectivity index (χ2v) is 8.75. The molecule has 0 aromatic heterocycles. The van der Waals surface area contributed by atoms with Crippen molar-refractivity contribution < 1.29 is 14.3 Å². The largest absolute Gasteiger partial charge is 0.493 e. The van der Waals surface area contributed by atoms with Crippen molar-refractivity contribution in [1.82, 2.24) is 15.1 Å². The molecule has 1 aromatic rings. The van der Waals surface area contributed by atoms with Crippen LogP contribution in [0.15, 0.2) is 18.2 Å². The van der Waals surface area contributed by atoms with Crippen molar-refractivity contribution in [2.75, 3.05) is 39.3 Å². The van der Waals surface area contributed by atoms with Gasteiger partial charge in [0.2, 0.25) is 11.8 Å². The molecule has 1 aliphatic rings. The van der Waals surface area contributed by atoms with E-state index in [1.54, 1.807) is 6.07 Å². The number of hydrogen-bond donors (Lipinski definition) is 1. The lowest BCUT2D eigenvalue weighted by molar-refractivity contribution is -0.133. The lowest BCUT2D eigenvalue weighted by atomic mass is 10.1. The summed E-state index contributed by atoms with van der Waals surface area (Å²) >= 11 is 5.94. The zero-order valence-electron chi connectivity index (χ0n) is 17.4. The summed E-state index contributed by atoms with van der Waals surface area (Å²) in [5, 5.41) is 3.66. The lowest BCUT2D eigenvalue weighted by Crippen LogP contribution is -2.52. The molecule has 1 aromatic carbocycles. The Hall–Kier alpha value is -1.79. The molecule has 1 aliphatic heterocycles. The van der Waals surface area contributed by atoms with Crippen LogP contribution in [-0.4, -0.2) is 66.5 Å². The van der Waals surface area contributed by atoms with Gasteiger partial charge in [-0.25, -0.2) is 0 Å². The molecular formula is C21H32ClN3O3. The van der Waals surface area contributed by atoms with Crippen LogP contribution in [0.3, 0.4) is 0 Å². The van der Waals surface area contributed by atoms with Crippen molar-refractivity contribution in [1.29, 1.82) is 0 Å². The fourth-order valence-electron chi connectivity index (χ4n) is 3.15. The fraction of sp³-hybridized carbons (Fsp3) is 0.619. The van der Waals surface area contributed by atoms with Gasteiger partial charge in [-0.1, -0.05) is 11.6 Å². The van der Waals surface area contributed by atoms with Crippen LogP contribution in [0.25, 0.3) is 0 Å². The maximum atomic E-state index is 12.4. The predicted octanol–water partition coefficient (Wildman–Crippen LogP) is 2.87. The molecule has 1 N–H and O–H groups in total. The van der Waals surface area contributed by atoms with E-state index in [1.165, 1.54) is 0 Å². The number of amides is 2. The normalized spacial score (nSPS) is 15.4. The summed E-state index contributed by atoms with van der Waals surface area (Å²) in [6.45, 7) is 11.5. The van der Waals surface area contributed by atoms with Crippen molar-refractivity contribution in [3.8, 4) is 5.75 Å². The minimum Gasteiger partial charge on any atom is -0.493 e. The number of carbonyl (C=O) groups excluding carboxylic acids is 2. The molecule has 0 unspecified atom stereocenters. The Bertz CT molecular complexity index is 680. The number of halogens is 1. The third kappa shape index (κ3) is 7.68. The predicted molar refractivity (Wildman–Crippen MR) is 112 cm³/mol. The highest BCUT2D eigenvalue weighted by atomic mass is 35.5. The highest BCUT2D eigenvalue weighted by Gasteiger charge is 2.23. The van der Waals surface area contributed by atoms with E-state index in [0.717, 1.165) is 24.4 Å². The molecule has 0 spiro atoms. The second-order valence-electron chi connectivity index (χ2n) is 8.32. The fourth-order valence-corrected chi connectivity index (χ4v) is 3.38. The molecule has 0 bridgehead atoms. The molecule has 28 heavy (non-hydrogen) atoms. The van der Waals surface area contributed by atoms with Gasteiger partial charge in [0.1, 0.15) is 5.75 Å². The summed E-state index contributed by atoms with van der Waals surface area (Å²) in [5.41, 5.74) is 0.770. The van der Waals surface area contributed by atoms with Gasteiger partial charge in [-0.3, -0.25) is 14.5 Å². The molecule has 1 saturated heterocycles. The first kappa shape index (κ1) is 22.5. The number of benzene rings is 1. The van der Waals surface area contributed by atoms with Gasteiger partial charge in [-0.2, -0.15) is 0 Å². The van der Waals surface area contributed by atoms with Crippen LogP contribution in [0.1, 0.15) is 39.2 Å². The third-order valence-corrected chi connectivity index (χ3v) is 4.77. The van der Waals surface area contributed by atoms with E-state index in [1.807, 2.05) is 44.7 Å². The average molecular weight is 410 g/mol. The summed E-state index contributed by atoms with van der Waals surface area (Å²) in [4.78, 5) is 28.4. The molecule has 2 amide bonds. The Morgan fingerprint density at radius 2 is 1.86 bits per heavy atom. The van der Waals surface area contributed by atoms with Crippen LogP contribution >= 0.6 is 11.6 Å². The van der Waals surface area contributed by atoms with Gasteiger partial charge in [0.05, 0.1) is 13.2 Å². The second kappa shape index (κ2) is 10.1. The Labute approximate surface area is 173 Å². The van der Waals surface area contributed by atoms with Crippen LogP contribution in [0.4, 0.5) is 0 Å². The Balaban J connectivity index is 1.64. The van der Waals surface area contributed by atoms with Crippen molar-refractivity contribution in [2.45, 2.75) is 46.1 Å². The minimum atomic E-state index is -0.221. The molecule has 156 valence electrons. The Morgan fingerprint density at radius 1 is 1.18 bits per heavy atom. The number of rotatable bonds is 7. The number of nitrogens with one attached hydrogen (secondary N) is 1. The van der Waals surface area contributed by atoms with Crippen molar-refractivity contribution in [2.24, 2.45) is 0 Å². The third-order valence-electron chi connectivity index (χ3n) is 4.54. The van der Waals surface area contributed by atoms with Gasteiger partial charge in [0.25, 0.3) is 0 Å². The number of carbonyl (C=O) groups is 2. The molecule has 6 nitrogen and oxygen atoms in total. The SMILES string of the molecule is Cc1cc(Cl)ccc1OCCCC(=O)N1CCN(CC(=O)NC(C)(C)C)CC1. The van der Waals surface area contributed by atoms with E-state index in [2.05, 4.69) is 10.2 Å². The number of hydrogen-bond acceptors (Lipinski definition) is 4. The Morgan fingerprint density at radius 3 is 2.46 bits per heavy atom. The highest BCUT2D eigenvalue weighted by molar-refractivity contribution is 6.30. The number of piperazine rings is 1. The first-order valence-electron chi connectivity index (χ1n) is 9.84. The van der Waals surface area contributed by atoms with E-state index < -0.39 is 0 Å². The number of ether oxygens (including phenoxy) is 1. The highest BCUT2D eigenvalue weighted by Crippen LogP contribution is 2.22. The molecule has 0 atom stereocenters. The van der Waals surface area contributed by atoms with E-state index in [-0.39, 0.29) is 17.4 Å². The van der Waals surface area contributed by atoms with E-state index >= 15 is 0 Å². The quantitative estimate of drug-likeness (QED) is 0.703. The molecule has 1 fully saturated rings. The first-order chi connectivity index (χ1) is 13.1. The van der Waals surface area contributed by atoms with Crippen LogP contribution < -0.4 is 10.1 Å². The van der Waals surface area contributed by atoms with Crippen LogP contribution in [0.5, 0.6) is 5.75 Å². The van der Waals surface area contributed by atoms with Crippen LogP contribution in [0, 0.1) is 6.92 Å². The summed E-state index contributed by atoms with van der Waals surface area (Å²) in [6.07, 6.45) is 1.15. The van der Waals surface area contributed by atoms with E-state index in [4.69, 9.17) is 16.3 Å². The van der Waals surface area contributed by atoms with Gasteiger partial charge in [0.15, 0.2) is 0 Å². The van der Waals surface area contributed by atoms with Gasteiger partial charge >= 0.3 is 0 Å². The maximum Gasteiger partial charge on any atom is 0.234 e. The maximum absolute atomic E-state index is 12.4. The van der Waals surface area contributed by atoms with Gasteiger partial charge in [-0.15, -0.1) is 0 Å². The molecule has 2 rings (SSSR count). The summed E-state index contributed by atoms with van der Waals surface area (Å²) in [6, 6.07) is 5.52. The van der Waals surface area contributed by atoms with Crippen LogP contribution in [0.2, 0.25) is 5.02 Å². The van der Waals surface area contributed by atoms with Gasteiger partial charge in [0, 0.05) is 43.2 Å². The van der Waals surface area contributed by atoms with Crippen molar-refractivity contribution in [3.63, 3.8) is 0 Å². The van der Waals surface area contributed by atoms with Crippen molar-refractivity contribution >= 4 is 23.4 Å². The summed E-state index contributed by atoms with van der Waals surface area (Å²) in [7, 11) is 0. The average Bonchev–Trinajstić information content (AvgIpc) is 2.59. The molecular weight excluding hydrogens is 378 g/mol. The zero-order valence-corrected chi connectivity index (χ0v) is 18.1. The van der Waals surface area contributed by atoms with Gasteiger partial charge < -0.3 is 15.0 Å². The molecule has 0 saturated carbocycles. The van der Waals surface area contributed by atoms with Gasteiger partial charge in [-0.05, 0) is 57.9 Å². The number of nitrogens with zero attached hydrogens (tertiary/aromatic N) is 2. The van der Waals surface area contributed by atoms with Crippen LogP contribution in [-0.2, 0) is 9.59 Å². The van der Waals surface area contributed by atoms with E-state index in [0.29, 0.717) is 44.1 Å². The minimum absolute atomic E-state index is 0.0296. The number of aryl methyl sites for hydroxylation is 1. The standard InChI is InChI=1S/C21H32ClN3O3/c1-16-14-17(22)7-8-18(16)28-13-5-6-20(27)25-11-9-24(10-12-25)15-19(26)23-21(2,3)4/h7-8,14H,5-6,9-13,15H2,1-4H3,(H,23,26). The smallest absolute Gasteiger partial charge is 0.234 e. The summed E-state index contributed by atoms with van der Waals surface area (Å²) < 4.78 is 5.75. The van der Waals surface area contributed by atoms with E-state index in [9.17, 15) is 9.59 Å². The topological polar surface area (TPSA) is 61.9 Å². The lowest BCUT2D eigenvalue weighted by Gasteiger charge is -2.35. The summed E-state index contributed by atoms with van der Waals surface area (Å²) in [5.74, 6) is 0.983. The molecule has 0 aliphatic carbocycles. The zero-order chi connectivity index (χ0) is 20.7. The molecule has 1 heterocycles. The Kier molecular flexibility index (Phi) is 8.13. The first-order valence-corrected chi connectivity index (χ1v) is 10.2.